The van der Waals surface area contributed by atoms with Crippen LogP contribution in [0.2, 0.25) is 0 Å². The third kappa shape index (κ3) is 3.24. The summed E-state index contributed by atoms with van der Waals surface area (Å²) in [6, 6.07) is -1.06. The van der Waals surface area contributed by atoms with Gasteiger partial charge in [-0.25, -0.2) is 18.3 Å². The highest BCUT2D eigenvalue weighted by atomic mass is 19.3. The van der Waals surface area contributed by atoms with E-state index in [2.05, 4.69) is 15.6 Å². The first-order chi connectivity index (χ1) is 8.90. The van der Waals surface area contributed by atoms with Gasteiger partial charge in [0.05, 0.1) is 0 Å². The maximum Gasteiger partial charge on any atom is 0.358 e. The van der Waals surface area contributed by atoms with E-state index in [1.54, 1.807) is 0 Å². The summed E-state index contributed by atoms with van der Waals surface area (Å²) in [5.41, 5.74) is -1.71. The molecule has 19 heavy (non-hydrogen) atoms. The van der Waals surface area contributed by atoms with Crippen LogP contribution in [-0.2, 0) is 4.79 Å². The van der Waals surface area contributed by atoms with Crippen LogP contribution in [0.5, 0.6) is 0 Å². The minimum atomic E-state index is -3.08. The second-order valence-corrected chi connectivity index (χ2v) is 3.84. The Balaban J connectivity index is 3.06. The number of nitrogens with zero attached hydrogens (tertiary/aromatic N) is 3. The number of carbonyl (C=O) groups is 2. The quantitative estimate of drug-likeness (QED) is 0.807. The molecule has 0 aliphatic heterocycles. The van der Waals surface area contributed by atoms with E-state index < -0.39 is 35.7 Å². The van der Waals surface area contributed by atoms with E-state index in [1.807, 2.05) is 6.92 Å². The SMILES string of the molecule is CCCNC(=O)C(C)n1nnc(C(=O)O)c1C(F)F. The molecule has 0 aliphatic carbocycles. The Morgan fingerprint density at radius 3 is 2.58 bits per heavy atom. The Morgan fingerprint density at radius 2 is 2.11 bits per heavy atom. The van der Waals surface area contributed by atoms with Crippen LogP contribution in [0.4, 0.5) is 8.78 Å². The molecule has 1 amide bonds. The molecule has 9 heteroatoms. The van der Waals surface area contributed by atoms with Crippen LogP contribution in [0.3, 0.4) is 0 Å². The second kappa shape index (κ2) is 6.21. The van der Waals surface area contributed by atoms with Crippen LogP contribution in [0.25, 0.3) is 0 Å². The number of hydrogen-bond donors (Lipinski definition) is 2. The van der Waals surface area contributed by atoms with Crippen molar-refractivity contribution in [1.82, 2.24) is 20.3 Å². The fourth-order valence-electron chi connectivity index (χ4n) is 1.45. The first-order valence-electron chi connectivity index (χ1n) is 5.64. The Hall–Kier alpha value is -2.06. The summed E-state index contributed by atoms with van der Waals surface area (Å²) in [5, 5.41) is 17.8. The third-order valence-corrected chi connectivity index (χ3v) is 2.44. The smallest absolute Gasteiger partial charge is 0.358 e. The second-order valence-electron chi connectivity index (χ2n) is 3.84. The van der Waals surface area contributed by atoms with Crippen LogP contribution in [-0.4, -0.2) is 38.5 Å². The van der Waals surface area contributed by atoms with E-state index in [9.17, 15) is 18.4 Å². The number of nitrogens with one attached hydrogen (secondary N) is 1. The number of aromatic nitrogens is 3. The van der Waals surface area contributed by atoms with Gasteiger partial charge in [0, 0.05) is 6.54 Å². The van der Waals surface area contributed by atoms with Crippen molar-refractivity contribution in [3.63, 3.8) is 0 Å². The van der Waals surface area contributed by atoms with Gasteiger partial charge >= 0.3 is 5.97 Å². The number of rotatable bonds is 6. The molecule has 7 nitrogen and oxygen atoms in total. The highest BCUT2D eigenvalue weighted by Gasteiger charge is 2.30. The number of halogens is 2. The molecule has 1 aromatic heterocycles. The van der Waals surface area contributed by atoms with Crippen molar-refractivity contribution in [3.05, 3.63) is 11.4 Å². The minimum absolute atomic E-state index is 0.396. The zero-order valence-corrected chi connectivity index (χ0v) is 10.4. The number of carboxylic acids is 1. The van der Waals surface area contributed by atoms with Crippen molar-refractivity contribution in [2.24, 2.45) is 0 Å². The molecule has 1 rings (SSSR count). The lowest BCUT2D eigenvalue weighted by Gasteiger charge is -2.14. The van der Waals surface area contributed by atoms with E-state index in [-0.39, 0.29) is 0 Å². The van der Waals surface area contributed by atoms with Gasteiger partial charge in [-0.1, -0.05) is 12.1 Å². The summed E-state index contributed by atoms with van der Waals surface area (Å²) in [4.78, 5) is 22.4. The molecular weight excluding hydrogens is 262 g/mol. The van der Waals surface area contributed by atoms with Crippen LogP contribution in [0, 0.1) is 0 Å². The standard InChI is InChI=1S/C10H14F2N4O3/c1-3-4-13-9(17)5(2)16-7(8(11)12)6(10(18)19)14-15-16/h5,8H,3-4H2,1-2H3,(H,13,17)(H,18,19). The first kappa shape index (κ1) is 15.0. The maximum atomic E-state index is 12.9. The lowest BCUT2D eigenvalue weighted by atomic mass is 10.2. The molecule has 1 unspecified atom stereocenters. The molecule has 0 aromatic carbocycles. The van der Waals surface area contributed by atoms with E-state index in [0.29, 0.717) is 17.6 Å². The van der Waals surface area contributed by atoms with Crippen molar-refractivity contribution < 1.29 is 23.5 Å². The number of hydrogen-bond acceptors (Lipinski definition) is 4. The van der Waals surface area contributed by atoms with Crippen molar-refractivity contribution in [1.29, 1.82) is 0 Å². The summed E-state index contributed by atoms with van der Waals surface area (Å²) in [5.74, 6) is -2.13. The number of carbonyl (C=O) groups excluding carboxylic acids is 1. The van der Waals surface area contributed by atoms with Gasteiger partial charge in [0.1, 0.15) is 11.7 Å². The lowest BCUT2D eigenvalue weighted by molar-refractivity contribution is -0.124. The number of carboxylic acid groups (broad SMARTS) is 1. The molecule has 0 saturated heterocycles. The summed E-state index contributed by atoms with van der Waals surface area (Å²) in [7, 11) is 0. The van der Waals surface area contributed by atoms with Crippen molar-refractivity contribution in [3.8, 4) is 0 Å². The molecule has 1 atom stereocenters. The number of alkyl halides is 2. The minimum Gasteiger partial charge on any atom is -0.476 e. The summed E-state index contributed by atoms with van der Waals surface area (Å²) < 4.78 is 26.4. The number of amides is 1. The monoisotopic (exact) mass is 276 g/mol. The molecule has 1 aromatic rings. The van der Waals surface area contributed by atoms with Gasteiger partial charge in [-0.3, -0.25) is 4.79 Å². The number of aromatic carboxylic acids is 1. The highest BCUT2D eigenvalue weighted by molar-refractivity contribution is 5.87. The predicted octanol–water partition coefficient (Wildman–Crippen LogP) is 1.00. The molecule has 0 fully saturated rings. The van der Waals surface area contributed by atoms with Gasteiger partial charge < -0.3 is 10.4 Å². The first-order valence-corrected chi connectivity index (χ1v) is 5.64. The fourth-order valence-corrected chi connectivity index (χ4v) is 1.45. The third-order valence-electron chi connectivity index (χ3n) is 2.44. The van der Waals surface area contributed by atoms with Crippen molar-refractivity contribution in [2.75, 3.05) is 6.54 Å². The van der Waals surface area contributed by atoms with Crippen LogP contribution >= 0.6 is 0 Å². The van der Waals surface area contributed by atoms with Gasteiger partial charge in [-0.05, 0) is 13.3 Å². The summed E-state index contributed by atoms with van der Waals surface area (Å²) in [6.07, 6.45) is -2.39. The molecule has 106 valence electrons. The largest absolute Gasteiger partial charge is 0.476 e. The Kier molecular flexibility index (Phi) is 4.90. The maximum absolute atomic E-state index is 12.9. The van der Waals surface area contributed by atoms with Crippen molar-refractivity contribution in [2.45, 2.75) is 32.7 Å². The summed E-state index contributed by atoms with van der Waals surface area (Å²) >= 11 is 0. The van der Waals surface area contributed by atoms with Gasteiger partial charge in [0.15, 0.2) is 5.69 Å². The predicted molar refractivity (Wildman–Crippen MR) is 60.0 cm³/mol. The van der Waals surface area contributed by atoms with E-state index in [4.69, 9.17) is 5.11 Å². The fraction of sp³-hybridized carbons (Fsp3) is 0.600. The van der Waals surface area contributed by atoms with Crippen LogP contribution in [0.15, 0.2) is 0 Å². The molecule has 0 radical (unpaired) electrons. The molecule has 0 saturated carbocycles. The topological polar surface area (TPSA) is 97.1 Å². The lowest BCUT2D eigenvalue weighted by Crippen LogP contribution is -2.32. The normalized spacial score (nSPS) is 12.5. The van der Waals surface area contributed by atoms with Crippen LogP contribution in [0.1, 0.15) is 48.9 Å². The average Bonchev–Trinajstić information content (AvgIpc) is 2.79. The van der Waals surface area contributed by atoms with Gasteiger partial charge in [-0.2, -0.15) is 0 Å². The Morgan fingerprint density at radius 1 is 1.47 bits per heavy atom. The molecule has 0 bridgehead atoms. The molecule has 1 heterocycles. The molecule has 2 N–H and O–H groups in total. The molecule has 0 aliphatic rings. The average molecular weight is 276 g/mol. The van der Waals surface area contributed by atoms with Gasteiger partial charge in [-0.15, -0.1) is 5.10 Å². The van der Waals surface area contributed by atoms with Crippen molar-refractivity contribution >= 4 is 11.9 Å². The van der Waals surface area contributed by atoms with Gasteiger partial charge in [0.2, 0.25) is 5.91 Å². The molecule has 0 spiro atoms. The highest BCUT2D eigenvalue weighted by Crippen LogP contribution is 2.24. The Labute approximate surface area is 107 Å². The molecular formula is C10H14F2N4O3. The van der Waals surface area contributed by atoms with Crippen LogP contribution < -0.4 is 5.32 Å². The van der Waals surface area contributed by atoms with E-state index >= 15 is 0 Å². The van der Waals surface area contributed by atoms with E-state index in [1.165, 1.54) is 6.92 Å². The zero-order chi connectivity index (χ0) is 14.6. The zero-order valence-electron chi connectivity index (χ0n) is 10.4. The Bertz CT molecular complexity index is 475. The van der Waals surface area contributed by atoms with Gasteiger partial charge in [0.25, 0.3) is 6.43 Å². The van der Waals surface area contributed by atoms with E-state index in [0.717, 1.165) is 0 Å². The summed E-state index contributed by atoms with van der Waals surface area (Å²) in [6.45, 7) is 3.58.